The van der Waals surface area contributed by atoms with Gasteiger partial charge in [-0.1, -0.05) is 12.1 Å². The fourth-order valence-corrected chi connectivity index (χ4v) is 2.65. The maximum atomic E-state index is 11.6. The van der Waals surface area contributed by atoms with Crippen molar-refractivity contribution >= 4 is 11.6 Å². The Morgan fingerprint density at radius 3 is 2.74 bits per heavy atom. The van der Waals surface area contributed by atoms with Crippen LogP contribution in [0.4, 0.5) is 5.69 Å². The van der Waals surface area contributed by atoms with Gasteiger partial charge < -0.3 is 10.0 Å². The Balaban J connectivity index is 2.08. The van der Waals surface area contributed by atoms with Gasteiger partial charge in [0.25, 0.3) is 0 Å². The topological polar surface area (TPSA) is 43.8 Å². The summed E-state index contributed by atoms with van der Waals surface area (Å²) in [5.74, 6) is 0.150. The Bertz CT molecular complexity index is 491. The van der Waals surface area contributed by atoms with Crippen LogP contribution in [0.3, 0.4) is 0 Å². The molecule has 104 valence electrons. The van der Waals surface area contributed by atoms with E-state index in [4.69, 9.17) is 0 Å². The van der Waals surface area contributed by atoms with Crippen LogP contribution in [0.5, 0.6) is 0 Å². The summed E-state index contributed by atoms with van der Waals surface area (Å²) in [7, 11) is 3.80. The molecule has 0 unspecified atom stereocenters. The van der Waals surface area contributed by atoms with Gasteiger partial charge in [0, 0.05) is 25.8 Å². The summed E-state index contributed by atoms with van der Waals surface area (Å²) in [5, 5.41) is 9.80. The van der Waals surface area contributed by atoms with Crippen molar-refractivity contribution in [3.8, 4) is 0 Å². The Kier molecular flexibility index (Phi) is 3.65. The summed E-state index contributed by atoms with van der Waals surface area (Å²) >= 11 is 0. The van der Waals surface area contributed by atoms with Gasteiger partial charge >= 0.3 is 0 Å². The fraction of sp³-hybridized carbons (Fsp3) is 0.533. The predicted octanol–water partition coefficient (Wildman–Crippen LogP) is 1.41. The summed E-state index contributed by atoms with van der Waals surface area (Å²) in [5.41, 5.74) is 2.59. The molecule has 1 aromatic carbocycles. The Hall–Kier alpha value is -1.39. The molecule has 0 saturated carbocycles. The molecule has 1 N–H and O–H groups in total. The Labute approximate surface area is 114 Å². The quantitative estimate of drug-likeness (QED) is 0.892. The average Bonchev–Trinajstić information content (AvgIpc) is 2.51. The van der Waals surface area contributed by atoms with Gasteiger partial charge in [-0.2, -0.15) is 0 Å². The maximum Gasteiger partial charge on any atom is 0.231 e. The van der Waals surface area contributed by atoms with Crippen LogP contribution in [0.1, 0.15) is 25.0 Å². The number of hydrogen-bond acceptors (Lipinski definition) is 3. The number of nitrogens with zero attached hydrogens (tertiary/aromatic N) is 2. The molecule has 1 amide bonds. The molecule has 0 bridgehead atoms. The smallest absolute Gasteiger partial charge is 0.231 e. The van der Waals surface area contributed by atoms with Gasteiger partial charge in [-0.3, -0.25) is 9.69 Å². The first kappa shape index (κ1) is 14.0. The van der Waals surface area contributed by atoms with E-state index in [0.29, 0.717) is 13.0 Å². The van der Waals surface area contributed by atoms with E-state index in [1.807, 2.05) is 20.2 Å². The first-order valence-electron chi connectivity index (χ1n) is 6.55. The van der Waals surface area contributed by atoms with Crippen LogP contribution in [-0.4, -0.2) is 42.2 Å². The van der Waals surface area contributed by atoms with Gasteiger partial charge in [-0.15, -0.1) is 0 Å². The lowest BCUT2D eigenvalue weighted by Gasteiger charge is -2.25. The van der Waals surface area contributed by atoms with E-state index < -0.39 is 5.60 Å². The molecule has 0 aliphatic carbocycles. The molecule has 1 aromatic rings. The Morgan fingerprint density at radius 1 is 1.42 bits per heavy atom. The summed E-state index contributed by atoms with van der Waals surface area (Å²) in [6.45, 7) is 5.00. The lowest BCUT2D eigenvalue weighted by molar-refractivity contribution is -0.117. The van der Waals surface area contributed by atoms with Crippen molar-refractivity contribution in [3.05, 3.63) is 29.3 Å². The number of carbonyl (C=O) groups excluding carboxylic acids is 1. The normalized spacial score (nSPS) is 15.3. The zero-order valence-corrected chi connectivity index (χ0v) is 12.1. The minimum Gasteiger partial charge on any atom is -0.389 e. The zero-order valence-electron chi connectivity index (χ0n) is 12.1. The molecule has 0 saturated heterocycles. The van der Waals surface area contributed by atoms with Crippen LogP contribution >= 0.6 is 0 Å². The van der Waals surface area contributed by atoms with Crippen molar-refractivity contribution < 1.29 is 9.90 Å². The number of rotatable bonds is 4. The summed E-state index contributed by atoms with van der Waals surface area (Å²) in [4.78, 5) is 15.4. The van der Waals surface area contributed by atoms with Crippen molar-refractivity contribution in [2.75, 3.05) is 25.5 Å². The first-order valence-corrected chi connectivity index (χ1v) is 6.55. The lowest BCUT2D eigenvalue weighted by atomic mass is 10.1. The molecule has 1 aliphatic heterocycles. The molecule has 4 heteroatoms. The second-order valence-electron chi connectivity index (χ2n) is 6.08. The predicted molar refractivity (Wildman–Crippen MR) is 76.2 cm³/mol. The van der Waals surface area contributed by atoms with Gasteiger partial charge in [0.05, 0.1) is 12.0 Å². The van der Waals surface area contributed by atoms with Crippen molar-refractivity contribution in [3.63, 3.8) is 0 Å². The largest absolute Gasteiger partial charge is 0.389 e. The average molecular weight is 262 g/mol. The molecule has 19 heavy (non-hydrogen) atoms. The van der Waals surface area contributed by atoms with Gasteiger partial charge in [0.15, 0.2) is 0 Å². The highest BCUT2D eigenvalue weighted by atomic mass is 16.3. The highest BCUT2D eigenvalue weighted by Gasteiger charge is 2.24. The molecular formula is C15H22N2O2. The number of amides is 1. The molecule has 0 aromatic heterocycles. The fourth-order valence-electron chi connectivity index (χ4n) is 2.65. The molecule has 0 atom stereocenters. The first-order chi connectivity index (χ1) is 8.76. The van der Waals surface area contributed by atoms with Crippen LogP contribution in [0, 0.1) is 0 Å². The maximum absolute atomic E-state index is 11.6. The molecule has 0 radical (unpaired) electrons. The van der Waals surface area contributed by atoms with Gasteiger partial charge in [-0.25, -0.2) is 0 Å². The molecule has 1 heterocycles. The highest BCUT2D eigenvalue weighted by molar-refractivity contribution is 6.00. The van der Waals surface area contributed by atoms with E-state index in [9.17, 15) is 9.90 Å². The number of fused-ring (bicyclic) bond motifs is 1. The lowest BCUT2D eigenvalue weighted by Crippen LogP contribution is -2.35. The van der Waals surface area contributed by atoms with Crippen LogP contribution in [0.25, 0.3) is 0 Å². The number of carbonyl (C=O) groups is 1. The number of anilines is 1. The van der Waals surface area contributed by atoms with Crippen molar-refractivity contribution in [1.29, 1.82) is 0 Å². The van der Waals surface area contributed by atoms with Crippen LogP contribution in [0.2, 0.25) is 0 Å². The zero-order chi connectivity index (χ0) is 14.2. The van der Waals surface area contributed by atoms with Crippen LogP contribution < -0.4 is 4.90 Å². The third-order valence-electron chi connectivity index (χ3n) is 3.33. The monoisotopic (exact) mass is 262 g/mol. The van der Waals surface area contributed by atoms with Gasteiger partial charge in [0.1, 0.15) is 0 Å². The van der Waals surface area contributed by atoms with E-state index in [1.54, 1.807) is 18.7 Å². The van der Waals surface area contributed by atoms with Gasteiger partial charge in [-0.05, 0) is 38.1 Å². The molecule has 0 fully saturated rings. The highest BCUT2D eigenvalue weighted by Crippen LogP contribution is 2.28. The van der Waals surface area contributed by atoms with E-state index >= 15 is 0 Å². The number of hydrogen-bond donors (Lipinski definition) is 1. The molecule has 4 nitrogen and oxygen atoms in total. The second kappa shape index (κ2) is 4.94. The molecular weight excluding hydrogens is 240 g/mol. The number of benzene rings is 1. The molecule has 1 aliphatic rings. The second-order valence-corrected chi connectivity index (χ2v) is 6.08. The van der Waals surface area contributed by atoms with Crippen molar-refractivity contribution in [2.45, 2.75) is 32.4 Å². The van der Waals surface area contributed by atoms with E-state index in [1.165, 1.54) is 5.56 Å². The van der Waals surface area contributed by atoms with E-state index in [-0.39, 0.29) is 5.91 Å². The third kappa shape index (κ3) is 3.33. The standard InChI is InChI=1S/C15H22N2O2/c1-15(2,19)10-16(3)9-11-5-6-13-12(7-11)8-14(18)17(13)4/h5-7,19H,8-10H2,1-4H3. The third-order valence-corrected chi connectivity index (χ3v) is 3.33. The number of aliphatic hydroxyl groups is 1. The molecule has 2 rings (SSSR count). The van der Waals surface area contributed by atoms with Crippen molar-refractivity contribution in [1.82, 2.24) is 4.90 Å². The SMILES string of the molecule is CN(Cc1ccc2c(c1)CC(=O)N2C)CC(C)(C)O. The minimum atomic E-state index is -0.693. The van der Waals surface area contributed by atoms with E-state index in [2.05, 4.69) is 17.0 Å². The summed E-state index contributed by atoms with van der Waals surface area (Å²) in [6.07, 6.45) is 0.495. The van der Waals surface area contributed by atoms with Gasteiger partial charge in [0.2, 0.25) is 5.91 Å². The number of likely N-dealkylation sites (N-methyl/N-ethyl adjacent to an activating group) is 2. The van der Waals surface area contributed by atoms with Crippen LogP contribution in [-0.2, 0) is 17.8 Å². The Morgan fingerprint density at radius 2 is 2.11 bits per heavy atom. The summed E-state index contributed by atoms with van der Waals surface area (Å²) in [6, 6.07) is 6.15. The van der Waals surface area contributed by atoms with Crippen LogP contribution in [0.15, 0.2) is 18.2 Å². The van der Waals surface area contributed by atoms with Crippen molar-refractivity contribution in [2.24, 2.45) is 0 Å². The van der Waals surface area contributed by atoms with E-state index in [0.717, 1.165) is 17.8 Å². The summed E-state index contributed by atoms with van der Waals surface area (Å²) < 4.78 is 0. The minimum absolute atomic E-state index is 0.150. The molecule has 0 spiro atoms.